The number of nitrogens with two attached hydrogens (primary N) is 1. The molecule has 0 heterocycles. The third-order valence-electron chi connectivity index (χ3n) is 3.36. The van der Waals surface area contributed by atoms with Gasteiger partial charge in [0.25, 0.3) is 0 Å². The van der Waals surface area contributed by atoms with Crippen molar-refractivity contribution in [3.8, 4) is 16.9 Å². The van der Waals surface area contributed by atoms with Crippen LogP contribution in [0.3, 0.4) is 0 Å². The second-order valence-electron chi connectivity index (χ2n) is 4.23. The van der Waals surface area contributed by atoms with E-state index >= 15 is 0 Å². The molecule has 0 spiro atoms. The fraction of sp³-hybridized carbons (Fsp3) is 0.143. The summed E-state index contributed by atoms with van der Waals surface area (Å²) in [5, 5.41) is 9.91. The lowest BCUT2D eigenvalue weighted by molar-refractivity contribution is 0.476. The van der Waals surface area contributed by atoms with Crippen LogP contribution in [0.5, 0.6) is 5.75 Å². The van der Waals surface area contributed by atoms with Gasteiger partial charge in [0.05, 0.1) is 0 Å². The lowest BCUT2D eigenvalue weighted by Gasteiger charge is -2.09. The predicted octanol–water partition coefficient (Wildman–Crippen LogP) is 2.60. The van der Waals surface area contributed by atoms with Crippen LogP contribution in [0.25, 0.3) is 11.1 Å². The number of phenols is 1. The Kier molecular flexibility index (Phi) is 2.16. The fourth-order valence-electron chi connectivity index (χ4n) is 2.64. The number of phenolic OH excluding ortho intramolecular Hbond substituents is 1. The highest BCUT2D eigenvalue weighted by atomic mass is 19.1. The highest BCUT2D eigenvalue weighted by Crippen LogP contribution is 2.49. The van der Waals surface area contributed by atoms with Gasteiger partial charge in [0, 0.05) is 23.6 Å². The van der Waals surface area contributed by atoms with Gasteiger partial charge < -0.3 is 10.8 Å². The normalized spacial score (nSPS) is 16.7. The van der Waals surface area contributed by atoms with Crippen molar-refractivity contribution in [2.75, 3.05) is 6.54 Å². The van der Waals surface area contributed by atoms with Gasteiger partial charge >= 0.3 is 0 Å². The van der Waals surface area contributed by atoms with E-state index in [1.165, 1.54) is 6.07 Å². The molecule has 1 aliphatic carbocycles. The summed E-state index contributed by atoms with van der Waals surface area (Å²) in [5.41, 5.74) is 8.62. The minimum absolute atomic E-state index is 0.0252. The summed E-state index contributed by atoms with van der Waals surface area (Å²) in [6.07, 6.45) is 0. The van der Waals surface area contributed by atoms with E-state index in [4.69, 9.17) is 5.73 Å². The summed E-state index contributed by atoms with van der Waals surface area (Å²) in [5.74, 6) is -0.214. The number of halogens is 1. The molecule has 1 unspecified atom stereocenters. The average molecular weight is 229 g/mol. The van der Waals surface area contributed by atoms with Crippen molar-refractivity contribution in [1.82, 2.24) is 0 Å². The largest absolute Gasteiger partial charge is 0.507 e. The predicted molar refractivity (Wildman–Crippen MR) is 64.4 cm³/mol. The molecule has 0 saturated heterocycles. The van der Waals surface area contributed by atoms with Crippen LogP contribution < -0.4 is 5.73 Å². The first kappa shape index (κ1) is 10.3. The molecule has 3 N–H and O–H groups in total. The second-order valence-corrected chi connectivity index (χ2v) is 4.23. The van der Waals surface area contributed by atoms with Gasteiger partial charge in [-0.15, -0.1) is 0 Å². The fourth-order valence-corrected chi connectivity index (χ4v) is 2.64. The van der Waals surface area contributed by atoms with Crippen LogP contribution >= 0.6 is 0 Å². The minimum atomic E-state index is -0.304. The van der Waals surface area contributed by atoms with E-state index in [-0.39, 0.29) is 17.5 Å². The smallest absolute Gasteiger partial charge is 0.131 e. The van der Waals surface area contributed by atoms with Gasteiger partial charge in [0.1, 0.15) is 11.6 Å². The maximum absolute atomic E-state index is 13.9. The first-order valence-electron chi connectivity index (χ1n) is 5.54. The molecular weight excluding hydrogens is 217 g/mol. The van der Waals surface area contributed by atoms with Crippen LogP contribution in [0.2, 0.25) is 0 Å². The van der Waals surface area contributed by atoms with E-state index in [1.807, 2.05) is 12.1 Å². The molecule has 3 rings (SSSR count). The van der Waals surface area contributed by atoms with E-state index < -0.39 is 0 Å². The van der Waals surface area contributed by atoms with E-state index in [9.17, 15) is 9.50 Å². The molecule has 0 aromatic heterocycles. The Morgan fingerprint density at radius 1 is 1.06 bits per heavy atom. The molecule has 1 aliphatic rings. The van der Waals surface area contributed by atoms with E-state index in [1.54, 1.807) is 18.2 Å². The zero-order valence-corrected chi connectivity index (χ0v) is 9.15. The van der Waals surface area contributed by atoms with Crippen molar-refractivity contribution in [3.63, 3.8) is 0 Å². The topological polar surface area (TPSA) is 46.2 Å². The van der Waals surface area contributed by atoms with Crippen molar-refractivity contribution in [3.05, 3.63) is 53.3 Å². The molecule has 0 bridgehead atoms. The molecule has 0 fully saturated rings. The SMILES string of the molecule is NCC1c2cccc(O)c2-c2c(F)cccc21. The molecule has 0 saturated carbocycles. The van der Waals surface area contributed by atoms with Gasteiger partial charge in [-0.1, -0.05) is 24.3 Å². The molecule has 17 heavy (non-hydrogen) atoms. The van der Waals surface area contributed by atoms with Gasteiger partial charge in [0.15, 0.2) is 0 Å². The molecule has 1 atom stereocenters. The maximum atomic E-state index is 13.9. The molecule has 3 heteroatoms. The third kappa shape index (κ3) is 1.29. The Bertz CT molecular complexity index is 543. The summed E-state index contributed by atoms with van der Waals surface area (Å²) in [6.45, 7) is 0.410. The van der Waals surface area contributed by atoms with E-state index in [2.05, 4.69) is 0 Å². The number of aromatic hydroxyl groups is 1. The van der Waals surface area contributed by atoms with Crippen LogP contribution in [-0.2, 0) is 0 Å². The van der Waals surface area contributed by atoms with E-state index in [0.29, 0.717) is 17.7 Å². The van der Waals surface area contributed by atoms with Crippen molar-refractivity contribution >= 4 is 0 Å². The summed E-state index contributed by atoms with van der Waals surface area (Å²) >= 11 is 0. The Hall–Kier alpha value is -1.87. The first-order valence-corrected chi connectivity index (χ1v) is 5.54. The van der Waals surface area contributed by atoms with E-state index in [0.717, 1.165) is 11.1 Å². The van der Waals surface area contributed by atoms with Crippen LogP contribution in [0.4, 0.5) is 4.39 Å². The first-order chi connectivity index (χ1) is 8.24. The molecule has 2 aromatic carbocycles. The Morgan fingerprint density at radius 3 is 2.41 bits per heavy atom. The van der Waals surface area contributed by atoms with Crippen molar-refractivity contribution < 1.29 is 9.50 Å². The van der Waals surface area contributed by atoms with Crippen LogP contribution in [-0.4, -0.2) is 11.7 Å². The summed E-state index contributed by atoms with van der Waals surface area (Å²) in [4.78, 5) is 0. The van der Waals surface area contributed by atoms with Gasteiger partial charge in [-0.3, -0.25) is 0 Å². The van der Waals surface area contributed by atoms with Gasteiger partial charge in [-0.2, -0.15) is 0 Å². The van der Waals surface area contributed by atoms with Gasteiger partial charge in [0.2, 0.25) is 0 Å². The van der Waals surface area contributed by atoms with Crippen molar-refractivity contribution in [2.24, 2.45) is 5.73 Å². The third-order valence-corrected chi connectivity index (χ3v) is 3.36. The summed E-state index contributed by atoms with van der Waals surface area (Å²) in [6, 6.07) is 10.2. The van der Waals surface area contributed by atoms with Crippen LogP contribution in [0.1, 0.15) is 17.0 Å². The molecule has 0 amide bonds. The Morgan fingerprint density at radius 2 is 1.71 bits per heavy atom. The van der Waals surface area contributed by atoms with Crippen LogP contribution in [0, 0.1) is 5.82 Å². The number of rotatable bonds is 1. The highest BCUT2D eigenvalue weighted by Gasteiger charge is 2.31. The maximum Gasteiger partial charge on any atom is 0.131 e. The minimum Gasteiger partial charge on any atom is -0.507 e. The van der Waals surface area contributed by atoms with Crippen molar-refractivity contribution in [2.45, 2.75) is 5.92 Å². The Labute approximate surface area is 98.5 Å². The number of benzene rings is 2. The highest BCUT2D eigenvalue weighted by molar-refractivity contribution is 5.83. The number of hydrogen-bond donors (Lipinski definition) is 2. The quantitative estimate of drug-likeness (QED) is 0.789. The van der Waals surface area contributed by atoms with Gasteiger partial charge in [-0.25, -0.2) is 4.39 Å². The van der Waals surface area contributed by atoms with Crippen LogP contribution in [0.15, 0.2) is 36.4 Å². The molecule has 2 nitrogen and oxygen atoms in total. The number of hydrogen-bond acceptors (Lipinski definition) is 2. The standard InChI is InChI=1S/C14H12FNO/c15-11-5-1-3-8-10(7-16)9-4-2-6-12(17)14(9)13(8)11/h1-6,10,17H,7,16H2. The average Bonchev–Trinajstić information content (AvgIpc) is 2.65. The monoisotopic (exact) mass is 229 g/mol. The second kappa shape index (κ2) is 3.57. The zero-order valence-electron chi connectivity index (χ0n) is 9.15. The molecule has 86 valence electrons. The molecule has 0 aliphatic heterocycles. The summed E-state index contributed by atoms with van der Waals surface area (Å²) < 4.78 is 13.9. The lowest BCUT2D eigenvalue weighted by atomic mass is 9.97. The Balaban J connectivity index is 2.39. The summed E-state index contributed by atoms with van der Waals surface area (Å²) in [7, 11) is 0. The lowest BCUT2D eigenvalue weighted by Crippen LogP contribution is -2.11. The molecule has 2 aromatic rings. The number of fused-ring (bicyclic) bond motifs is 3. The zero-order chi connectivity index (χ0) is 12.0. The molecule has 0 radical (unpaired) electrons. The van der Waals surface area contributed by atoms with Crippen molar-refractivity contribution in [1.29, 1.82) is 0 Å². The van der Waals surface area contributed by atoms with Gasteiger partial charge in [-0.05, 0) is 23.3 Å². The molecular formula is C14H12FNO.